The van der Waals surface area contributed by atoms with E-state index in [1.807, 2.05) is 0 Å². The average molecular weight is 684 g/mol. The molecule has 2 unspecified atom stereocenters. The van der Waals surface area contributed by atoms with Crippen molar-refractivity contribution in [3.8, 4) is 17.5 Å². The van der Waals surface area contributed by atoms with E-state index in [9.17, 15) is 19.5 Å². The van der Waals surface area contributed by atoms with E-state index in [0.717, 1.165) is 0 Å². The van der Waals surface area contributed by atoms with E-state index in [2.05, 4.69) is 47.9 Å². The molecule has 1 radical (unpaired) electrons. The molecular weight excluding hydrogens is 639 g/mol. The van der Waals surface area contributed by atoms with Gasteiger partial charge < -0.3 is 49.9 Å². The van der Waals surface area contributed by atoms with E-state index >= 15 is 0 Å². The second kappa shape index (κ2) is 22.0. The zero-order chi connectivity index (χ0) is 33.8. The van der Waals surface area contributed by atoms with E-state index in [1.54, 1.807) is 42.3 Å². The summed E-state index contributed by atoms with van der Waals surface area (Å²) in [4.78, 5) is 35.8. The largest absolute Gasteiger partial charge is 0.509 e. The van der Waals surface area contributed by atoms with Gasteiger partial charge >= 0.3 is 6.16 Å². The Kier molecular flexibility index (Phi) is 18.9. The molecule has 2 rings (SSSR count). The van der Waals surface area contributed by atoms with Gasteiger partial charge in [0, 0.05) is 35.8 Å². The average Bonchev–Trinajstić information content (AvgIpc) is 3.41. The van der Waals surface area contributed by atoms with Gasteiger partial charge in [0.15, 0.2) is 0 Å². The number of aliphatic hydroxyl groups excluding tert-OH is 1. The fourth-order valence-corrected chi connectivity index (χ4v) is 5.84. The van der Waals surface area contributed by atoms with Gasteiger partial charge in [0.2, 0.25) is 5.91 Å². The Morgan fingerprint density at radius 2 is 2.02 bits per heavy atom. The highest BCUT2D eigenvalue weighted by molar-refractivity contribution is 8.77. The van der Waals surface area contributed by atoms with E-state index in [-0.39, 0.29) is 68.3 Å². The van der Waals surface area contributed by atoms with E-state index < -0.39 is 24.4 Å². The number of rotatable bonds is 19. The highest BCUT2D eigenvalue weighted by atomic mass is 33.1. The number of nitrogens with two attached hydrogens (primary N) is 2. The number of amides is 2. The van der Waals surface area contributed by atoms with Crippen molar-refractivity contribution in [1.29, 1.82) is 0 Å². The van der Waals surface area contributed by atoms with E-state index in [4.69, 9.17) is 35.2 Å². The number of ether oxygens (including phenoxy) is 6. The number of hydrogen-bond donors (Lipinski definition) is 5. The predicted octanol–water partition coefficient (Wildman–Crippen LogP) is 0.620. The van der Waals surface area contributed by atoms with Gasteiger partial charge in [0.1, 0.15) is 43.3 Å². The first kappa shape index (κ1) is 39.5. The Hall–Kier alpha value is -2.69. The first-order valence-corrected chi connectivity index (χ1v) is 16.9. The van der Waals surface area contributed by atoms with Crippen LogP contribution in [0.25, 0.3) is 0 Å². The van der Waals surface area contributed by atoms with Crippen molar-refractivity contribution < 1.29 is 47.9 Å². The lowest BCUT2D eigenvalue weighted by atomic mass is 9.71. The van der Waals surface area contributed by atoms with Crippen LogP contribution in [0.4, 0.5) is 4.79 Å². The summed E-state index contributed by atoms with van der Waals surface area (Å²) in [6, 6.07) is 6.42. The lowest BCUT2D eigenvalue weighted by Gasteiger charge is -2.22. The normalized spacial score (nSPS) is 18.1. The molecule has 1 fully saturated rings. The van der Waals surface area contributed by atoms with Crippen molar-refractivity contribution in [2.24, 2.45) is 11.5 Å². The minimum atomic E-state index is -0.936. The monoisotopic (exact) mass is 683 g/mol. The Labute approximate surface area is 278 Å². The minimum absolute atomic E-state index is 0.00830. The standard InChI is InChI=1S/C29H44BN4O10S2/c1-29(2,3)46-45-26(18-41-21-7-4-6-20(14-21)27(37)34-11-9-31)40-13-12-39-17-25(36)33-10-5-8-30-24-15-22(23(16-35)43-24)44-28(38)42-19-32/h4,6-7,14,22-24,26,35H,9-13,15-19,31-32H2,1-3H3,(H,33,36)(H,34,37)/t22-,23?,24-,26?/m1/s1. The molecule has 1 aromatic rings. The van der Waals surface area contributed by atoms with Crippen LogP contribution in [0, 0.1) is 11.7 Å². The third-order valence-electron chi connectivity index (χ3n) is 5.69. The van der Waals surface area contributed by atoms with Gasteiger partial charge in [0.25, 0.3) is 13.2 Å². The van der Waals surface area contributed by atoms with Gasteiger partial charge in [-0.1, -0.05) is 54.3 Å². The van der Waals surface area contributed by atoms with Gasteiger partial charge in [-0.15, -0.1) is 0 Å². The summed E-state index contributed by atoms with van der Waals surface area (Å²) in [5, 5.41) is 14.8. The number of nitrogens with one attached hydrogen (secondary N) is 2. The molecule has 46 heavy (non-hydrogen) atoms. The molecule has 0 aromatic heterocycles. The SMILES string of the molecule is CC(C)(C)SSC(COc1cccc(C(=O)NCCN)c1)OCCOCC(=O)NCC#C[B][C@H]1C[C@@H](OC(=O)OCN)C(CO)O1. The van der Waals surface area contributed by atoms with Gasteiger partial charge in [-0.2, -0.15) is 5.82 Å². The first-order valence-electron chi connectivity index (χ1n) is 14.7. The quantitative estimate of drug-likeness (QED) is 0.0339. The molecule has 17 heteroatoms. The fourth-order valence-electron chi connectivity index (χ4n) is 3.65. The van der Waals surface area contributed by atoms with Crippen LogP contribution in [-0.2, 0) is 28.5 Å². The molecule has 4 atom stereocenters. The molecule has 0 spiro atoms. The zero-order valence-corrected chi connectivity index (χ0v) is 28.0. The molecule has 1 aliphatic rings. The van der Waals surface area contributed by atoms with Gasteiger partial charge in [0.05, 0.1) is 26.4 Å². The summed E-state index contributed by atoms with van der Waals surface area (Å²) in [6.07, 6.45) is -2.03. The molecule has 0 bridgehead atoms. The fraction of sp³-hybridized carbons (Fsp3) is 0.621. The Balaban J connectivity index is 1.68. The molecule has 7 N–H and O–H groups in total. The highest BCUT2D eigenvalue weighted by Crippen LogP contribution is 2.38. The third-order valence-corrected chi connectivity index (χ3v) is 9.20. The molecule has 0 aliphatic carbocycles. The van der Waals surface area contributed by atoms with Crippen molar-refractivity contribution >= 4 is 46.8 Å². The van der Waals surface area contributed by atoms with Crippen LogP contribution in [0.5, 0.6) is 5.75 Å². The van der Waals surface area contributed by atoms with Crippen molar-refractivity contribution in [3.05, 3.63) is 29.8 Å². The van der Waals surface area contributed by atoms with Gasteiger partial charge in [-0.3, -0.25) is 15.3 Å². The lowest BCUT2D eigenvalue weighted by molar-refractivity contribution is -0.126. The van der Waals surface area contributed by atoms with Crippen LogP contribution in [0.15, 0.2) is 24.3 Å². The van der Waals surface area contributed by atoms with E-state index in [0.29, 0.717) is 30.8 Å². The second-order valence-electron chi connectivity index (χ2n) is 10.6. The van der Waals surface area contributed by atoms with Crippen molar-refractivity contribution in [3.63, 3.8) is 0 Å². The lowest BCUT2D eigenvalue weighted by Crippen LogP contribution is -2.30. The van der Waals surface area contributed by atoms with Gasteiger partial charge in [-0.05, 0) is 18.2 Å². The van der Waals surface area contributed by atoms with Crippen LogP contribution in [0.3, 0.4) is 0 Å². The first-order chi connectivity index (χ1) is 22.0. The third kappa shape index (κ3) is 16.8. The molecule has 1 aliphatic heterocycles. The Bertz CT molecular complexity index is 1150. The van der Waals surface area contributed by atoms with Crippen LogP contribution >= 0.6 is 21.6 Å². The topological polar surface area (TPSA) is 203 Å². The summed E-state index contributed by atoms with van der Waals surface area (Å²) in [7, 11) is 4.75. The molecule has 14 nitrogen and oxygen atoms in total. The van der Waals surface area contributed by atoms with E-state index in [1.165, 1.54) is 10.8 Å². The maximum atomic E-state index is 12.2. The summed E-state index contributed by atoms with van der Waals surface area (Å²) in [5.74, 6) is 5.55. The summed E-state index contributed by atoms with van der Waals surface area (Å²) >= 11 is 0. The van der Waals surface area contributed by atoms with Crippen LogP contribution < -0.4 is 26.8 Å². The van der Waals surface area contributed by atoms with Crippen LogP contribution in [0.2, 0.25) is 0 Å². The van der Waals surface area contributed by atoms with Crippen molar-refractivity contribution in [1.82, 2.24) is 10.6 Å². The number of hydrogen-bond acceptors (Lipinski definition) is 14. The Morgan fingerprint density at radius 3 is 2.74 bits per heavy atom. The molecule has 255 valence electrons. The summed E-state index contributed by atoms with van der Waals surface area (Å²) in [6.45, 7) is 6.96. The minimum Gasteiger partial charge on any atom is -0.490 e. The van der Waals surface area contributed by atoms with Crippen molar-refractivity contribution in [2.45, 2.75) is 55.6 Å². The zero-order valence-electron chi connectivity index (χ0n) is 26.4. The maximum absolute atomic E-state index is 12.2. The predicted molar refractivity (Wildman–Crippen MR) is 176 cm³/mol. The molecular formula is C29H44BN4O10S2. The van der Waals surface area contributed by atoms with Crippen LogP contribution in [-0.4, -0.2) is 118 Å². The van der Waals surface area contributed by atoms with Crippen LogP contribution in [0.1, 0.15) is 37.6 Å². The summed E-state index contributed by atoms with van der Waals surface area (Å²) < 4.78 is 32.6. The number of carbonyl (C=O) groups is 3. The smallest absolute Gasteiger partial charge is 0.490 e. The number of aliphatic hydroxyl groups is 1. The molecule has 1 aromatic carbocycles. The molecule has 1 saturated heterocycles. The highest BCUT2D eigenvalue weighted by Gasteiger charge is 2.37. The summed E-state index contributed by atoms with van der Waals surface area (Å²) in [5.41, 5.74) is 10.7. The molecule has 0 saturated carbocycles. The second-order valence-corrected chi connectivity index (χ2v) is 13.8. The maximum Gasteiger partial charge on any atom is 0.509 e. The number of carbonyl (C=O) groups excluding carboxylic acids is 3. The van der Waals surface area contributed by atoms with Gasteiger partial charge in [-0.25, -0.2) is 4.79 Å². The molecule has 2 amide bonds. The molecule has 1 heterocycles. The Morgan fingerprint density at radius 1 is 1.22 bits per heavy atom. The van der Waals surface area contributed by atoms with Crippen molar-refractivity contribution in [2.75, 3.05) is 59.4 Å². The number of benzene rings is 1.